The van der Waals surface area contributed by atoms with Crippen molar-refractivity contribution in [3.05, 3.63) is 30.1 Å². The summed E-state index contributed by atoms with van der Waals surface area (Å²) >= 11 is 0. The lowest BCUT2D eigenvalue weighted by Gasteiger charge is -2.38. The zero-order valence-electron chi connectivity index (χ0n) is 15.0. The van der Waals surface area contributed by atoms with Gasteiger partial charge in [0.1, 0.15) is 17.7 Å². The molecule has 1 aromatic rings. The van der Waals surface area contributed by atoms with Gasteiger partial charge in [-0.25, -0.2) is 4.39 Å². The topological polar surface area (TPSA) is 58.6 Å². The highest BCUT2D eigenvalue weighted by atomic mass is 19.1. The van der Waals surface area contributed by atoms with Crippen LogP contribution in [0.1, 0.15) is 52.4 Å². The van der Waals surface area contributed by atoms with Gasteiger partial charge in [-0.1, -0.05) is 6.07 Å². The molecular formula is C20H28FNO3. The second kappa shape index (κ2) is 7.32. The number of nitrogens with one attached hydrogen (secondary N) is 1. The Morgan fingerprint density at radius 1 is 1.24 bits per heavy atom. The number of ether oxygens (including phenoxy) is 1. The van der Waals surface area contributed by atoms with E-state index in [4.69, 9.17) is 4.74 Å². The van der Waals surface area contributed by atoms with Gasteiger partial charge in [0, 0.05) is 18.0 Å². The van der Waals surface area contributed by atoms with E-state index in [1.807, 2.05) is 13.8 Å². The molecule has 25 heavy (non-hydrogen) atoms. The number of amides is 1. The van der Waals surface area contributed by atoms with Crippen LogP contribution >= 0.6 is 0 Å². The van der Waals surface area contributed by atoms with Crippen LogP contribution in [0, 0.1) is 17.7 Å². The Labute approximate surface area is 148 Å². The first-order chi connectivity index (χ1) is 11.8. The molecule has 2 aliphatic rings. The molecule has 0 bridgehead atoms. The molecule has 0 heterocycles. The lowest BCUT2D eigenvalue weighted by atomic mass is 9.76. The van der Waals surface area contributed by atoms with Gasteiger partial charge in [-0.2, -0.15) is 0 Å². The second-order valence-corrected chi connectivity index (χ2v) is 8.08. The van der Waals surface area contributed by atoms with Gasteiger partial charge in [-0.05, 0) is 70.4 Å². The van der Waals surface area contributed by atoms with Gasteiger partial charge in [0.15, 0.2) is 0 Å². The summed E-state index contributed by atoms with van der Waals surface area (Å²) in [6.07, 6.45) is 5.10. The molecule has 1 aromatic carbocycles. The zero-order chi connectivity index (χ0) is 18.0. The maximum Gasteiger partial charge on any atom is 0.223 e. The predicted molar refractivity (Wildman–Crippen MR) is 93.7 cm³/mol. The van der Waals surface area contributed by atoms with Crippen LogP contribution in [0.5, 0.6) is 5.75 Å². The van der Waals surface area contributed by atoms with Crippen LogP contribution in [0.2, 0.25) is 0 Å². The Morgan fingerprint density at radius 3 is 2.52 bits per heavy atom. The van der Waals surface area contributed by atoms with Crippen molar-refractivity contribution < 1.29 is 19.0 Å². The quantitative estimate of drug-likeness (QED) is 0.856. The van der Waals surface area contributed by atoms with E-state index >= 15 is 0 Å². The lowest BCUT2D eigenvalue weighted by molar-refractivity contribution is -0.131. The van der Waals surface area contributed by atoms with Crippen LogP contribution in [0.4, 0.5) is 4.39 Å². The highest BCUT2D eigenvalue weighted by Gasteiger charge is 2.38. The fourth-order valence-corrected chi connectivity index (χ4v) is 3.87. The zero-order valence-corrected chi connectivity index (χ0v) is 15.0. The SMILES string of the molecule is CC(C)(O)C1CCC(NC(=O)C2CC(Oc3cccc(F)c3)C2)CC1. The van der Waals surface area contributed by atoms with E-state index in [0.717, 1.165) is 25.7 Å². The summed E-state index contributed by atoms with van der Waals surface area (Å²) in [5.41, 5.74) is -0.634. The average Bonchev–Trinajstić information content (AvgIpc) is 2.50. The largest absolute Gasteiger partial charge is 0.490 e. The molecule has 2 aliphatic carbocycles. The molecule has 0 unspecified atom stereocenters. The molecule has 4 nitrogen and oxygen atoms in total. The summed E-state index contributed by atoms with van der Waals surface area (Å²) in [6, 6.07) is 6.33. The molecular weight excluding hydrogens is 321 g/mol. The highest BCUT2D eigenvalue weighted by Crippen LogP contribution is 2.34. The minimum Gasteiger partial charge on any atom is -0.490 e. The number of hydrogen-bond acceptors (Lipinski definition) is 3. The molecule has 0 spiro atoms. The predicted octanol–water partition coefficient (Wildman–Crippen LogP) is 3.43. The lowest BCUT2D eigenvalue weighted by Crippen LogP contribution is -2.48. The molecule has 2 saturated carbocycles. The third kappa shape index (κ3) is 4.72. The summed E-state index contributed by atoms with van der Waals surface area (Å²) in [5.74, 6) is 0.617. The van der Waals surface area contributed by atoms with Gasteiger partial charge >= 0.3 is 0 Å². The summed E-state index contributed by atoms with van der Waals surface area (Å²) in [5, 5.41) is 13.2. The molecule has 0 aliphatic heterocycles. The minimum absolute atomic E-state index is 0.00874. The molecule has 0 atom stereocenters. The Balaban J connectivity index is 1.38. The van der Waals surface area contributed by atoms with Crippen molar-refractivity contribution in [1.82, 2.24) is 5.32 Å². The van der Waals surface area contributed by atoms with E-state index in [9.17, 15) is 14.3 Å². The van der Waals surface area contributed by atoms with E-state index in [2.05, 4.69) is 5.32 Å². The van der Waals surface area contributed by atoms with Gasteiger partial charge in [0.2, 0.25) is 5.91 Å². The van der Waals surface area contributed by atoms with Crippen LogP contribution in [0.15, 0.2) is 24.3 Å². The normalized spacial score (nSPS) is 29.6. The number of hydrogen-bond donors (Lipinski definition) is 2. The number of carbonyl (C=O) groups is 1. The Morgan fingerprint density at radius 2 is 1.92 bits per heavy atom. The number of benzene rings is 1. The van der Waals surface area contributed by atoms with Crippen molar-refractivity contribution in [3.8, 4) is 5.75 Å². The van der Waals surface area contributed by atoms with Crippen LogP contribution in [-0.4, -0.2) is 28.8 Å². The molecule has 2 fully saturated rings. The van der Waals surface area contributed by atoms with E-state index < -0.39 is 5.60 Å². The Bertz CT molecular complexity index is 599. The minimum atomic E-state index is -0.634. The van der Waals surface area contributed by atoms with Crippen molar-refractivity contribution in [3.63, 3.8) is 0 Å². The fourth-order valence-electron chi connectivity index (χ4n) is 3.87. The smallest absolute Gasteiger partial charge is 0.223 e. The van der Waals surface area contributed by atoms with Crippen LogP contribution < -0.4 is 10.1 Å². The van der Waals surface area contributed by atoms with Crippen molar-refractivity contribution in [2.45, 2.75) is 70.1 Å². The van der Waals surface area contributed by atoms with Gasteiger partial charge in [0.25, 0.3) is 0 Å². The van der Waals surface area contributed by atoms with Crippen molar-refractivity contribution >= 4 is 5.91 Å². The van der Waals surface area contributed by atoms with Gasteiger partial charge in [0.05, 0.1) is 5.60 Å². The van der Waals surface area contributed by atoms with E-state index in [1.165, 1.54) is 12.1 Å². The first-order valence-corrected chi connectivity index (χ1v) is 9.26. The Hall–Kier alpha value is -1.62. The maximum atomic E-state index is 13.1. The van der Waals surface area contributed by atoms with Crippen molar-refractivity contribution in [2.24, 2.45) is 11.8 Å². The van der Waals surface area contributed by atoms with Crippen LogP contribution in [0.3, 0.4) is 0 Å². The maximum absolute atomic E-state index is 13.1. The molecule has 0 saturated heterocycles. The van der Waals surface area contributed by atoms with Crippen LogP contribution in [0.25, 0.3) is 0 Å². The van der Waals surface area contributed by atoms with E-state index in [1.54, 1.807) is 12.1 Å². The summed E-state index contributed by atoms with van der Waals surface area (Å²) in [6.45, 7) is 3.73. The van der Waals surface area contributed by atoms with Gasteiger partial charge in [-0.3, -0.25) is 4.79 Å². The van der Waals surface area contributed by atoms with Crippen molar-refractivity contribution in [1.29, 1.82) is 0 Å². The van der Waals surface area contributed by atoms with Gasteiger partial charge < -0.3 is 15.2 Å². The number of aliphatic hydroxyl groups is 1. The molecule has 0 aromatic heterocycles. The summed E-state index contributed by atoms with van der Waals surface area (Å²) < 4.78 is 18.9. The molecule has 5 heteroatoms. The molecule has 1 amide bonds. The third-order valence-corrected chi connectivity index (χ3v) is 5.64. The standard InChI is InChI=1S/C20H28FNO3/c1-20(2,24)14-6-8-16(9-7-14)22-19(23)13-10-18(11-13)25-17-5-3-4-15(21)12-17/h3-5,12-14,16,18,24H,6-11H2,1-2H3,(H,22,23). The van der Waals surface area contributed by atoms with Gasteiger partial charge in [-0.15, -0.1) is 0 Å². The van der Waals surface area contributed by atoms with Crippen LogP contribution in [-0.2, 0) is 4.79 Å². The van der Waals surface area contributed by atoms with Crippen molar-refractivity contribution in [2.75, 3.05) is 0 Å². The molecule has 138 valence electrons. The number of rotatable bonds is 5. The summed E-state index contributed by atoms with van der Waals surface area (Å²) in [7, 11) is 0. The molecule has 0 radical (unpaired) electrons. The molecule has 3 rings (SSSR count). The van der Waals surface area contributed by atoms with E-state index in [-0.39, 0.29) is 29.8 Å². The first-order valence-electron chi connectivity index (χ1n) is 9.26. The highest BCUT2D eigenvalue weighted by molar-refractivity contribution is 5.80. The Kier molecular flexibility index (Phi) is 5.32. The third-order valence-electron chi connectivity index (χ3n) is 5.64. The second-order valence-electron chi connectivity index (χ2n) is 8.08. The number of carbonyl (C=O) groups excluding carboxylic acids is 1. The first kappa shape index (κ1) is 18.2. The monoisotopic (exact) mass is 349 g/mol. The van der Waals surface area contributed by atoms with E-state index in [0.29, 0.717) is 24.5 Å². The fraction of sp³-hybridized carbons (Fsp3) is 0.650. The number of halogens is 1. The average molecular weight is 349 g/mol. The summed E-state index contributed by atoms with van der Waals surface area (Å²) in [4.78, 5) is 12.3. The molecule has 2 N–H and O–H groups in total.